The molecule has 0 unspecified atom stereocenters. The number of aromatic nitrogens is 2. The molecule has 0 amide bonds. The number of nitrogens with zero attached hydrogens (tertiary/aromatic N) is 2. The summed E-state index contributed by atoms with van der Waals surface area (Å²) in [6.07, 6.45) is 3.75. The summed E-state index contributed by atoms with van der Waals surface area (Å²) in [5.41, 5.74) is 2.11. The first kappa shape index (κ1) is 17.8. The van der Waals surface area contributed by atoms with Gasteiger partial charge in [-0.15, -0.1) is 0 Å². The van der Waals surface area contributed by atoms with E-state index in [1.165, 1.54) is 0 Å². The molecule has 130 valence electrons. The van der Waals surface area contributed by atoms with Crippen LogP contribution in [-0.4, -0.2) is 18.0 Å². The minimum Gasteiger partial charge on any atom is -0.326 e. The zero-order valence-electron chi connectivity index (χ0n) is 14.2. The van der Waals surface area contributed by atoms with Crippen LogP contribution in [-0.2, 0) is 22.1 Å². The molecule has 2 aromatic carbocycles. The number of hydrogen-bond acceptors (Lipinski definition) is 4. The van der Waals surface area contributed by atoms with E-state index in [-0.39, 0.29) is 0 Å². The molecular weight excluding hydrogens is 352 g/mol. The third-order valence-corrected chi connectivity index (χ3v) is 6.81. The molecule has 0 saturated heterocycles. The lowest BCUT2D eigenvalue weighted by Crippen LogP contribution is -2.02. The van der Waals surface area contributed by atoms with Gasteiger partial charge in [0.25, 0.3) is 0 Å². The zero-order chi connectivity index (χ0) is 17.9. The van der Waals surface area contributed by atoms with E-state index in [0.29, 0.717) is 9.79 Å². The van der Waals surface area contributed by atoms with Gasteiger partial charge in [0, 0.05) is 24.7 Å². The highest BCUT2D eigenvalue weighted by atomic mass is 32.2. The van der Waals surface area contributed by atoms with Crippen molar-refractivity contribution in [1.82, 2.24) is 9.55 Å². The molecule has 0 aliphatic carbocycles. The molecular formula is C19H20N2O2S2. The fourth-order valence-electron chi connectivity index (χ4n) is 2.44. The van der Waals surface area contributed by atoms with Gasteiger partial charge in [-0.1, -0.05) is 41.6 Å². The fourth-order valence-corrected chi connectivity index (χ4v) is 4.68. The van der Waals surface area contributed by atoms with Crippen LogP contribution in [0, 0.1) is 6.92 Å². The van der Waals surface area contributed by atoms with E-state index in [4.69, 9.17) is 0 Å². The third kappa shape index (κ3) is 3.96. The van der Waals surface area contributed by atoms with Crippen LogP contribution < -0.4 is 0 Å². The lowest BCUT2D eigenvalue weighted by Gasteiger charge is -2.07. The molecule has 3 rings (SSSR count). The summed E-state index contributed by atoms with van der Waals surface area (Å²) in [5.74, 6) is 0.752. The molecule has 0 aliphatic rings. The summed E-state index contributed by atoms with van der Waals surface area (Å²) < 4.78 is 27.4. The van der Waals surface area contributed by atoms with E-state index < -0.39 is 9.84 Å². The van der Waals surface area contributed by atoms with Crippen LogP contribution in [0.2, 0.25) is 0 Å². The van der Waals surface area contributed by atoms with Gasteiger partial charge in [-0.25, -0.2) is 13.4 Å². The van der Waals surface area contributed by atoms with Crippen LogP contribution >= 0.6 is 11.8 Å². The predicted octanol–water partition coefficient (Wildman–Crippen LogP) is 4.34. The lowest BCUT2D eigenvalue weighted by molar-refractivity contribution is 0.596. The number of sulfone groups is 1. The van der Waals surface area contributed by atoms with Gasteiger partial charge >= 0.3 is 0 Å². The quantitative estimate of drug-likeness (QED) is 0.604. The number of rotatable bonds is 6. The summed E-state index contributed by atoms with van der Waals surface area (Å²) in [6.45, 7) is 4.90. The van der Waals surface area contributed by atoms with Crippen LogP contribution in [0.25, 0.3) is 0 Å². The van der Waals surface area contributed by atoms with Gasteiger partial charge in [0.05, 0.1) is 9.79 Å². The standard InChI is InChI=1S/C19H20N2O2S2/c1-3-21-13-12-20-19(21)24-14-16-6-10-18(11-7-16)25(22,23)17-8-4-15(2)5-9-17/h4-13H,3,14H2,1-2H3. The second kappa shape index (κ2) is 7.45. The van der Waals surface area contributed by atoms with Crippen molar-refractivity contribution in [3.8, 4) is 0 Å². The SMILES string of the molecule is CCn1ccnc1SCc1ccc(S(=O)(=O)c2ccc(C)cc2)cc1. The highest BCUT2D eigenvalue weighted by Crippen LogP contribution is 2.25. The molecule has 0 fully saturated rings. The number of aryl methyl sites for hydroxylation is 2. The van der Waals surface area contributed by atoms with E-state index >= 15 is 0 Å². The van der Waals surface area contributed by atoms with Crippen molar-refractivity contribution in [3.63, 3.8) is 0 Å². The smallest absolute Gasteiger partial charge is 0.206 e. The zero-order valence-corrected chi connectivity index (χ0v) is 15.8. The molecule has 4 nitrogen and oxygen atoms in total. The first-order valence-electron chi connectivity index (χ1n) is 8.05. The first-order valence-corrected chi connectivity index (χ1v) is 10.5. The van der Waals surface area contributed by atoms with Crippen LogP contribution in [0.15, 0.2) is 75.9 Å². The van der Waals surface area contributed by atoms with Gasteiger partial charge < -0.3 is 4.57 Å². The molecule has 6 heteroatoms. The van der Waals surface area contributed by atoms with Gasteiger partial charge in [-0.2, -0.15) is 0 Å². The van der Waals surface area contributed by atoms with Crippen molar-refractivity contribution in [1.29, 1.82) is 0 Å². The highest BCUT2D eigenvalue weighted by molar-refractivity contribution is 7.98. The van der Waals surface area contributed by atoms with Crippen molar-refractivity contribution >= 4 is 21.6 Å². The molecule has 3 aromatic rings. The molecule has 0 bridgehead atoms. The maximum atomic E-state index is 12.7. The molecule has 0 spiro atoms. The van der Waals surface area contributed by atoms with E-state index in [1.807, 2.05) is 37.4 Å². The van der Waals surface area contributed by atoms with E-state index in [2.05, 4.69) is 16.5 Å². The van der Waals surface area contributed by atoms with Gasteiger partial charge in [0.15, 0.2) is 5.16 Å². The minimum atomic E-state index is -3.46. The van der Waals surface area contributed by atoms with Crippen LogP contribution in [0.1, 0.15) is 18.1 Å². The Morgan fingerprint density at radius 3 is 2.20 bits per heavy atom. The Morgan fingerprint density at radius 2 is 1.60 bits per heavy atom. The molecule has 0 saturated carbocycles. The van der Waals surface area contributed by atoms with Gasteiger partial charge in [-0.05, 0) is 43.7 Å². The summed E-state index contributed by atoms with van der Waals surface area (Å²) in [6, 6.07) is 14.0. The van der Waals surface area contributed by atoms with Gasteiger partial charge in [0.1, 0.15) is 0 Å². The van der Waals surface area contributed by atoms with Crippen molar-refractivity contribution in [2.45, 2.75) is 41.1 Å². The third-order valence-electron chi connectivity index (χ3n) is 3.95. The van der Waals surface area contributed by atoms with Crippen molar-refractivity contribution in [3.05, 3.63) is 72.1 Å². The van der Waals surface area contributed by atoms with Crippen molar-refractivity contribution < 1.29 is 8.42 Å². The van der Waals surface area contributed by atoms with Gasteiger partial charge in [-0.3, -0.25) is 0 Å². The van der Waals surface area contributed by atoms with Crippen LogP contribution in [0.4, 0.5) is 0 Å². The van der Waals surface area contributed by atoms with Crippen LogP contribution in [0.5, 0.6) is 0 Å². The highest BCUT2D eigenvalue weighted by Gasteiger charge is 2.17. The lowest BCUT2D eigenvalue weighted by atomic mass is 10.2. The summed E-state index contributed by atoms with van der Waals surface area (Å²) >= 11 is 1.65. The topological polar surface area (TPSA) is 52.0 Å². The molecule has 0 atom stereocenters. The average molecular weight is 373 g/mol. The van der Waals surface area contributed by atoms with E-state index in [9.17, 15) is 8.42 Å². The van der Waals surface area contributed by atoms with Gasteiger partial charge in [0.2, 0.25) is 9.84 Å². The van der Waals surface area contributed by atoms with Crippen LogP contribution in [0.3, 0.4) is 0 Å². The second-order valence-corrected chi connectivity index (χ2v) is 8.64. The molecule has 1 heterocycles. The largest absolute Gasteiger partial charge is 0.326 e. The molecule has 0 N–H and O–H groups in total. The Bertz CT molecular complexity index is 944. The maximum absolute atomic E-state index is 12.7. The number of benzene rings is 2. The molecule has 25 heavy (non-hydrogen) atoms. The summed E-state index contributed by atoms with van der Waals surface area (Å²) in [5, 5.41) is 0.971. The Labute approximate surface area is 152 Å². The number of imidazole rings is 1. The second-order valence-electron chi connectivity index (χ2n) is 5.74. The van der Waals surface area contributed by atoms with E-state index in [1.54, 1.807) is 42.2 Å². The maximum Gasteiger partial charge on any atom is 0.206 e. The number of thioether (sulfide) groups is 1. The normalized spacial score (nSPS) is 11.6. The average Bonchev–Trinajstić information content (AvgIpc) is 3.08. The number of hydrogen-bond donors (Lipinski definition) is 0. The van der Waals surface area contributed by atoms with E-state index in [0.717, 1.165) is 28.6 Å². The fraction of sp³-hybridized carbons (Fsp3) is 0.211. The first-order chi connectivity index (χ1) is 12.0. The Kier molecular flexibility index (Phi) is 5.30. The Hall–Kier alpha value is -2.05. The molecule has 0 aliphatic heterocycles. The summed E-state index contributed by atoms with van der Waals surface area (Å²) in [7, 11) is -3.46. The van der Waals surface area contributed by atoms with Crippen molar-refractivity contribution in [2.75, 3.05) is 0 Å². The minimum absolute atomic E-state index is 0.320. The Morgan fingerprint density at radius 1 is 1.00 bits per heavy atom. The molecule has 1 aromatic heterocycles. The summed E-state index contributed by atoms with van der Waals surface area (Å²) in [4.78, 5) is 4.98. The van der Waals surface area contributed by atoms with Crippen molar-refractivity contribution in [2.24, 2.45) is 0 Å². The monoisotopic (exact) mass is 372 g/mol. The Balaban J connectivity index is 1.74. The predicted molar refractivity (Wildman–Crippen MR) is 101 cm³/mol. The molecule has 0 radical (unpaired) electrons.